The fraction of sp³-hybridized carbons (Fsp3) is 0.733. The van der Waals surface area contributed by atoms with Gasteiger partial charge in [0.2, 0.25) is 5.91 Å². The number of halogens is 1. The lowest BCUT2D eigenvalue weighted by Crippen LogP contribution is -2.24. The molecule has 0 saturated heterocycles. The number of hydrogen-bond donors (Lipinski definition) is 3. The molecule has 0 heterocycles. The molecule has 0 bridgehead atoms. The van der Waals surface area contributed by atoms with Gasteiger partial charge in [0.15, 0.2) is 0 Å². The molecule has 0 atom stereocenters. The maximum absolute atomic E-state index is 12.0. The number of hydrogen-bond acceptors (Lipinski definition) is 5. The van der Waals surface area contributed by atoms with Crippen LogP contribution in [0.3, 0.4) is 0 Å². The fourth-order valence-electron chi connectivity index (χ4n) is 1.81. The lowest BCUT2D eigenvalue weighted by Gasteiger charge is -2.04. The molecule has 4 N–H and O–H groups in total. The SMILES string of the molecule is NN=C(C=NCCCC(=O)NCCCCCC(=O)O)CCCF. The van der Waals surface area contributed by atoms with E-state index in [0.29, 0.717) is 50.9 Å². The first-order chi connectivity index (χ1) is 11.1. The molecule has 0 fully saturated rings. The van der Waals surface area contributed by atoms with E-state index in [0.717, 1.165) is 12.8 Å². The average Bonchev–Trinajstić information content (AvgIpc) is 2.53. The lowest BCUT2D eigenvalue weighted by atomic mass is 10.2. The molecule has 0 aliphatic carbocycles. The molecule has 0 radical (unpaired) electrons. The van der Waals surface area contributed by atoms with Crippen molar-refractivity contribution in [3.63, 3.8) is 0 Å². The van der Waals surface area contributed by atoms with Crippen LogP contribution >= 0.6 is 0 Å². The number of carbonyl (C=O) groups excluding carboxylic acids is 1. The summed E-state index contributed by atoms with van der Waals surface area (Å²) in [7, 11) is 0. The van der Waals surface area contributed by atoms with Gasteiger partial charge in [0.1, 0.15) is 0 Å². The number of carboxylic acid groups (broad SMARTS) is 1. The third-order valence-electron chi connectivity index (χ3n) is 3.05. The normalized spacial score (nSPS) is 11.8. The van der Waals surface area contributed by atoms with Gasteiger partial charge in [-0.1, -0.05) is 6.42 Å². The van der Waals surface area contributed by atoms with Crippen LogP contribution in [0.2, 0.25) is 0 Å². The first-order valence-electron chi connectivity index (χ1n) is 7.91. The van der Waals surface area contributed by atoms with E-state index in [4.69, 9.17) is 10.9 Å². The summed E-state index contributed by atoms with van der Waals surface area (Å²) in [6.07, 6.45) is 5.72. The molecule has 23 heavy (non-hydrogen) atoms. The standard InChI is InChI=1S/C15H27FN4O3/c16-9-4-6-13(20-17)12-18-10-5-7-14(21)19-11-3-1-2-8-15(22)23/h12H,1-11,17H2,(H,19,21)(H,22,23). The number of carbonyl (C=O) groups is 2. The van der Waals surface area contributed by atoms with Gasteiger partial charge < -0.3 is 16.3 Å². The first kappa shape index (κ1) is 21.0. The second kappa shape index (κ2) is 14.9. The highest BCUT2D eigenvalue weighted by Crippen LogP contribution is 1.99. The molecule has 0 aliphatic rings. The average molecular weight is 330 g/mol. The second-order valence-electron chi connectivity index (χ2n) is 5.11. The zero-order valence-electron chi connectivity index (χ0n) is 13.5. The zero-order chi connectivity index (χ0) is 17.3. The van der Waals surface area contributed by atoms with Gasteiger partial charge in [0, 0.05) is 32.1 Å². The maximum Gasteiger partial charge on any atom is 0.303 e. The Labute approximate surface area is 136 Å². The monoisotopic (exact) mass is 330 g/mol. The van der Waals surface area contributed by atoms with Crippen LogP contribution in [0.25, 0.3) is 0 Å². The van der Waals surface area contributed by atoms with E-state index in [1.807, 2.05) is 0 Å². The van der Waals surface area contributed by atoms with E-state index < -0.39 is 12.6 Å². The number of hydrazone groups is 1. The summed E-state index contributed by atoms with van der Waals surface area (Å²) in [5, 5.41) is 14.8. The molecule has 0 rings (SSSR count). The van der Waals surface area contributed by atoms with Crippen molar-refractivity contribution in [1.82, 2.24) is 5.32 Å². The zero-order valence-corrected chi connectivity index (χ0v) is 13.5. The maximum atomic E-state index is 12.0. The number of carboxylic acids is 1. The van der Waals surface area contributed by atoms with Gasteiger partial charge in [0.05, 0.1) is 12.4 Å². The quantitative estimate of drug-likeness (QED) is 0.194. The van der Waals surface area contributed by atoms with E-state index in [2.05, 4.69) is 15.4 Å². The number of aliphatic imine (C=N–C) groups is 1. The van der Waals surface area contributed by atoms with Crippen LogP contribution < -0.4 is 11.2 Å². The third kappa shape index (κ3) is 14.7. The van der Waals surface area contributed by atoms with Crippen molar-refractivity contribution in [2.24, 2.45) is 15.9 Å². The third-order valence-corrected chi connectivity index (χ3v) is 3.05. The van der Waals surface area contributed by atoms with Crippen LogP contribution in [0.5, 0.6) is 0 Å². The summed E-state index contributed by atoms with van der Waals surface area (Å²) in [6, 6.07) is 0. The molecular weight excluding hydrogens is 303 g/mol. The van der Waals surface area contributed by atoms with Crippen molar-refractivity contribution in [2.75, 3.05) is 19.8 Å². The van der Waals surface area contributed by atoms with Gasteiger partial charge in [0.25, 0.3) is 0 Å². The molecule has 0 aliphatic heterocycles. The Hall–Kier alpha value is -1.99. The molecule has 7 nitrogen and oxygen atoms in total. The summed E-state index contributed by atoms with van der Waals surface area (Å²) < 4.78 is 12.0. The Morgan fingerprint density at radius 1 is 1.09 bits per heavy atom. The number of nitrogens with zero attached hydrogens (tertiary/aromatic N) is 2. The van der Waals surface area contributed by atoms with Crippen molar-refractivity contribution >= 4 is 23.8 Å². The first-order valence-corrected chi connectivity index (χ1v) is 7.91. The molecule has 0 saturated carbocycles. The minimum absolute atomic E-state index is 0.0384. The summed E-state index contributed by atoms with van der Waals surface area (Å²) in [5.74, 6) is 4.33. The Morgan fingerprint density at radius 2 is 1.87 bits per heavy atom. The summed E-state index contributed by atoms with van der Waals surface area (Å²) >= 11 is 0. The Kier molecular flexibility index (Phi) is 13.6. The van der Waals surface area contributed by atoms with E-state index >= 15 is 0 Å². The van der Waals surface area contributed by atoms with Crippen molar-refractivity contribution in [3.05, 3.63) is 0 Å². The minimum atomic E-state index is -0.790. The van der Waals surface area contributed by atoms with Crippen LogP contribution in [0.1, 0.15) is 51.4 Å². The summed E-state index contributed by atoms with van der Waals surface area (Å²) in [4.78, 5) is 26.0. The molecule has 0 aromatic carbocycles. The lowest BCUT2D eigenvalue weighted by molar-refractivity contribution is -0.137. The van der Waals surface area contributed by atoms with Gasteiger partial charge in [-0.25, -0.2) is 0 Å². The van der Waals surface area contributed by atoms with Crippen LogP contribution in [-0.4, -0.2) is 48.7 Å². The molecule has 0 spiro atoms. The number of aliphatic carboxylic acids is 1. The van der Waals surface area contributed by atoms with Crippen LogP contribution in [0, 0.1) is 0 Å². The summed E-state index contributed by atoms with van der Waals surface area (Å²) in [5.41, 5.74) is 0.550. The number of rotatable bonds is 14. The highest BCUT2D eigenvalue weighted by atomic mass is 19.1. The molecule has 0 aromatic heterocycles. The molecule has 8 heteroatoms. The van der Waals surface area contributed by atoms with Gasteiger partial charge in [-0.2, -0.15) is 5.10 Å². The van der Waals surface area contributed by atoms with Gasteiger partial charge in [-0.3, -0.25) is 19.0 Å². The Morgan fingerprint density at radius 3 is 2.52 bits per heavy atom. The Balaban J connectivity index is 3.57. The van der Waals surface area contributed by atoms with Crippen molar-refractivity contribution in [3.8, 4) is 0 Å². The van der Waals surface area contributed by atoms with Crippen LogP contribution in [0.15, 0.2) is 10.1 Å². The fourth-order valence-corrected chi connectivity index (χ4v) is 1.81. The van der Waals surface area contributed by atoms with Crippen molar-refractivity contribution in [1.29, 1.82) is 0 Å². The highest BCUT2D eigenvalue weighted by molar-refractivity contribution is 6.30. The number of unbranched alkanes of at least 4 members (excludes halogenated alkanes) is 2. The largest absolute Gasteiger partial charge is 0.481 e. The molecule has 0 unspecified atom stereocenters. The topological polar surface area (TPSA) is 117 Å². The van der Waals surface area contributed by atoms with E-state index in [1.54, 1.807) is 0 Å². The smallest absolute Gasteiger partial charge is 0.303 e. The predicted molar refractivity (Wildman–Crippen MR) is 88.5 cm³/mol. The van der Waals surface area contributed by atoms with Crippen LogP contribution in [0.4, 0.5) is 4.39 Å². The molecular formula is C15H27FN4O3. The minimum Gasteiger partial charge on any atom is -0.481 e. The number of amides is 1. The molecule has 1 amide bonds. The van der Waals surface area contributed by atoms with Gasteiger partial charge in [-0.05, 0) is 32.1 Å². The van der Waals surface area contributed by atoms with Gasteiger partial charge in [-0.15, -0.1) is 0 Å². The number of nitrogens with one attached hydrogen (secondary N) is 1. The second-order valence-corrected chi connectivity index (χ2v) is 5.11. The Bertz CT molecular complexity index is 400. The highest BCUT2D eigenvalue weighted by Gasteiger charge is 2.01. The number of alkyl halides is 1. The van der Waals surface area contributed by atoms with Crippen molar-refractivity contribution in [2.45, 2.75) is 51.4 Å². The number of nitrogens with two attached hydrogens (primary N) is 1. The summed E-state index contributed by atoms with van der Waals surface area (Å²) in [6.45, 7) is 0.638. The molecule has 132 valence electrons. The molecule has 0 aromatic rings. The van der Waals surface area contributed by atoms with Gasteiger partial charge >= 0.3 is 5.97 Å². The van der Waals surface area contributed by atoms with Crippen molar-refractivity contribution < 1.29 is 19.1 Å². The predicted octanol–water partition coefficient (Wildman–Crippen LogP) is 1.66. The van der Waals surface area contributed by atoms with E-state index in [9.17, 15) is 14.0 Å². The van der Waals surface area contributed by atoms with Crippen LogP contribution in [-0.2, 0) is 9.59 Å². The van der Waals surface area contributed by atoms with E-state index in [-0.39, 0.29) is 12.3 Å². The van der Waals surface area contributed by atoms with E-state index in [1.165, 1.54) is 6.21 Å².